The van der Waals surface area contributed by atoms with Crippen LogP contribution in [0.2, 0.25) is 0 Å². The van der Waals surface area contributed by atoms with Crippen LogP contribution < -0.4 is 5.32 Å². The molecule has 1 fully saturated rings. The molecule has 0 saturated heterocycles. The van der Waals surface area contributed by atoms with Gasteiger partial charge in [-0.25, -0.2) is 0 Å². The second kappa shape index (κ2) is 8.74. The van der Waals surface area contributed by atoms with Gasteiger partial charge in [0.25, 0.3) is 0 Å². The van der Waals surface area contributed by atoms with E-state index in [0.717, 1.165) is 12.5 Å². The lowest BCUT2D eigenvalue weighted by molar-refractivity contribution is 0.299. The lowest BCUT2D eigenvalue weighted by atomic mass is 9.83. The topological polar surface area (TPSA) is 12.0 Å². The van der Waals surface area contributed by atoms with Gasteiger partial charge in [-0.3, -0.25) is 0 Å². The maximum absolute atomic E-state index is 3.77. The van der Waals surface area contributed by atoms with E-state index >= 15 is 0 Å². The molecule has 1 N–H and O–H groups in total. The Bertz CT molecular complexity index is 415. The van der Waals surface area contributed by atoms with Gasteiger partial charge in [0.15, 0.2) is 0 Å². The molecule has 0 aliphatic heterocycles. The Kier molecular flexibility index (Phi) is 7.32. The summed E-state index contributed by atoms with van der Waals surface area (Å²) in [5.41, 5.74) is 1.44. The smallest absolute Gasteiger partial charge is 0.0334 e. The summed E-state index contributed by atoms with van der Waals surface area (Å²) < 4.78 is 2.58. The summed E-state index contributed by atoms with van der Waals surface area (Å²) in [5, 5.41) is 3.77. The van der Waals surface area contributed by atoms with Gasteiger partial charge in [-0.1, -0.05) is 55.0 Å². The van der Waals surface area contributed by atoms with Crippen molar-refractivity contribution in [2.75, 3.05) is 6.54 Å². The van der Waals surface area contributed by atoms with E-state index in [1.54, 1.807) is 0 Å². The van der Waals surface area contributed by atoms with Crippen LogP contribution in [0.3, 0.4) is 0 Å². The normalized spacial score (nSPS) is 18.1. The molecule has 1 atom stereocenters. The van der Waals surface area contributed by atoms with Crippen molar-refractivity contribution < 1.29 is 0 Å². The van der Waals surface area contributed by atoms with Crippen molar-refractivity contribution in [2.45, 2.75) is 57.9 Å². The van der Waals surface area contributed by atoms with Crippen LogP contribution >= 0.6 is 38.5 Å². The summed E-state index contributed by atoms with van der Waals surface area (Å²) >= 11 is 6.16. The molecule has 20 heavy (non-hydrogen) atoms. The fourth-order valence-electron chi connectivity index (χ4n) is 3.18. The first-order valence-electron chi connectivity index (χ1n) is 7.89. The van der Waals surface area contributed by atoms with Gasteiger partial charge in [0.2, 0.25) is 0 Å². The largest absolute Gasteiger partial charge is 0.310 e. The number of halogens is 2. The molecule has 3 heteroatoms. The van der Waals surface area contributed by atoms with Crippen LogP contribution in [-0.2, 0) is 0 Å². The quantitative estimate of drug-likeness (QED) is 0.520. The number of benzene rings is 1. The van der Waals surface area contributed by atoms with Gasteiger partial charge in [0.1, 0.15) is 0 Å². The van der Waals surface area contributed by atoms with Crippen LogP contribution in [0, 0.1) is 9.49 Å². The highest BCUT2D eigenvalue weighted by Gasteiger charge is 2.21. The van der Waals surface area contributed by atoms with Crippen molar-refractivity contribution in [3.63, 3.8) is 0 Å². The number of nitrogens with one attached hydrogen (secondary N) is 1. The van der Waals surface area contributed by atoms with Crippen LogP contribution in [0.5, 0.6) is 0 Å². The zero-order valence-electron chi connectivity index (χ0n) is 12.3. The van der Waals surface area contributed by atoms with Gasteiger partial charge >= 0.3 is 0 Å². The van der Waals surface area contributed by atoms with Crippen molar-refractivity contribution in [3.8, 4) is 0 Å². The summed E-state index contributed by atoms with van der Waals surface area (Å²) in [4.78, 5) is 0. The average molecular weight is 450 g/mol. The van der Waals surface area contributed by atoms with Gasteiger partial charge in [-0.2, -0.15) is 0 Å². The third-order valence-electron chi connectivity index (χ3n) is 4.27. The summed E-state index contributed by atoms with van der Waals surface area (Å²) in [6, 6.07) is 7.20. The lowest BCUT2D eigenvalue weighted by Gasteiger charge is -2.28. The fraction of sp³-hybridized carbons (Fsp3) is 0.647. The molecule has 0 radical (unpaired) electrons. The van der Waals surface area contributed by atoms with Crippen molar-refractivity contribution in [1.82, 2.24) is 5.32 Å². The Labute approximate surface area is 145 Å². The number of rotatable bonds is 6. The Balaban J connectivity index is 2.10. The number of hydrogen-bond donors (Lipinski definition) is 1. The first-order valence-corrected chi connectivity index (χ1v) is 9.76. The van der Waals surface area contributed by atoms with Gasteiger partial charge < -0.3 is 5.32 Å². The maximum atomic E-state index is 3.77. The molecule has 1 aromatic rings. The maximum Gasteiger partial charge on any atom is 0.0334 e. The molecule has 1 aliphatic carbocycles. The molecular weight excluding hydrogens is 425 g/mol. The van der Waals surface area contributed by atoms with Crippen molar-refractivity contribution in [1.29, 1.82) is 0 Å². The highest BCUT2D eigenvalue weighted by Crippen LogP contribution is 2.34. The SMILES string of the molecule is CCCNC(CC1CCCCC1)c1cc(I)ccc1Br. The second-order valence-electron chi connectivity index (χ2n) is 5.91. The second-order valence-corrected chi connectivity index (χ2v) is 8.01. The molecule has 0 heterocycles. The Morgan fingerprint density at radius 3 is 2.75 bits per heavy atom. The van der Waals surface area contributed by atoms with E-state index in [1.165, 1.54) is 58.6 Å². The summed E-state index contributed by atoms with van der Waals surface area (Å²) in [5.74, 6) is 0.905. The molecule has 112 valence electrons. The number of hydrogen-bond acceptors (Lipinski definition) is 1. The molecule has 0 aromatic heterocycles. The van der Waals surface area contributed by atoms with Crippen LogP contribution in [-0.4, -0.2) is 6.54 Å². The molecular formula is C17H25BrIN. The molecule has 1 saturated carbocycles. The van der Waals surface area contributed by atoms with E-state index in [0.29, 0.717) is 6.04 Å². The highest BCUT2D eigenvalue weighted by molar-refractivity contribution is 14.1. The van der Waals surface area contributed by atoms with Gasteiger partial charge in [0.05, 0.1) is 0 Å². The van der Waals surface area contributed by atoms with E-state index in [4.69, 9.17) is 0 Å². The fourth-order valence-corrected chi connectivity index (χ4v) is 4.21. The van der Waals surface area contributed by atoms with Crippen LogP contribution in [0.1, 0.15) is 63.5 Å². The Morgan fingerprint density at radius 2 is 2.05 bits per heavy atom. The molecule has 1 aromatic carbocycles. The summed E-state index contributed by atoms with van der Waals surface area (Å²) in [6.45, 7) is 3.35. The zero-order chi connectivity index (χ0) is 14.4. The third-order valence-corrected chi connectivity index (χ3v) is 5.66. The van der Waals surface area contributed by atoms with E-state index in [-0.39, 0.29) is 0 Å². The molecule has 1 nitrogen and oxygen atoms in total. The predicted molar refractivity (Wildman–Crippen MR) is 99.1 cm³/mol. The van der Waals surface area contributed by atoms with Crippen LogP contribution in [0.15, 0.2) is 22.7 Å². The Hall–Kier alpha value is 0.390. The molecule has 2 rings (SSSR count). The van der Waals surface area contributed by atoms with Crippen molar-refractivity contribution in [2.24, 2.45) is 5.92 Å². The van der Waals surface area contributed by atoms with Crippen molar-refractivity contribution >= 4 is 38.5 Å². The van der Waals surface area contributed by atoms with Crippen molar-refractivity contribution in [3.05, 3.63) is 31.8 Å². The highest BCUT2D eigenvalue weighted by atomic mass is 127. The zero-order valence-corrected chi connectivity index (χ0v) is 16.0. The molecule has 0 bridgehead atoms. The lowest BCUT2D eigenvalue weighted by Crippen LogP contribution is -2.25. The third kappa shape index (κ3) is 4.99. The minimum absolute atomic E-state index is 0.502. The summed E-state index contributed by atoms with van der Waals surface area (Å²) in [7, 11) is 0. The van der Waals surface area contributed by atoms with Gasteiger partial charge in [-0.15, -0.1) is 0 Å². The van der Waals surface area contributed by atoms with E-state index < -0.39 is 0 Å². The monoisotopic (exact) mass is 449 g/mol. The van der Waals surface area contributed by atoms with Crippen LogP contribution in [0.25, 0.3) is 0 Å². The first kappa shape index (κ1) is 16.8. The van der Waals surface area contributed by atoms with E-state index in [9.17, 15) is 0 Å². The minimum atomic E-state index is 0.502. The summed E-state index contributed by atoms with van der Waals surface area (Å²) in [6.07, 6.45) is 9.63. The van der Waals surface area contributed by atoms with Crippen LogP contribution in [0.4, 0.5) is 0 Å². The molecule has 1 unspecified atom stereocenters. The minimum Gasteiger partial charge on any atom is -0.310 e. The Morgan fingerprint density at radius 1 is 1.30 bits per heavy atom. The standard InChI is InChI=1S/C17H25BrIN/c1-2-10-20-17(11-13-6-4-3-5-7-13)15-12-14(19)8-9-16(15)18/h8-9,12-13,17,20H,2-7,10-11H2,1H3. The predicted octanol–water partition coefficient (Wildman–Crippen LogP) is 6.06. The van der Waals surface area contributed by atoms with E-state index in [2.05, 4.69) is 69.0 Å². The molecule has 0 amide bonds. The molecule has 1 aliphatic rings. The first-order chi connectivity index (χ1) is 9.70. The molecule has 0 spiro atoms. The van der Waals surface area contributed by atoms with E-state index in [1.807, 2.05) is 0 Å². The van der Waals surface area contributed by atoms with Gasteiger partial charge in [-0.05, 0) is 71.7 Å². The average Bonchev–Trinajstić information content (AvgIpc) is 2.47. The van der Waals surface area contributed by atoms with Gasteiger partial charge in [0, 0.05) is 14.1 Å².